The van der Waals surface area contributed by atoms with Gasteiger partial charge in [0.15, 0.2) is 0 Å². The van der Waals surface area contributed by atoms with Crippen molar-refractivity contribution in [3.05, 3.63) is 35.1 Å². The van der Waals surface area contributed by atoms with Crippen LogP contribution in [0.4, 0.5) is 9.18 Å². The van der Waals surface area contributed by atoms with Gasteiger partial charge in [-0.3, -0.25) is 4.79 Å². The fourth-order valence-electron chi connectivity index (χ4n) is 2.85. The number of hydrogen-bond acceptors (Lipinski definition) is 3. The molecule has 1 N–H and O–H groups in total. The van der Waals surface area contributed by atoms with Gasteiger partial charge in [-0.25, -0.2) is 9.18 Å². The van der Waals surface area contributed by atoms with E-state index in [0.717, 1.165) is 5.56 Å². The number of carbonyl (C=O) groups is 2. The molecule has 1 amide bonds. The fourth-order valence-corrected chi connectivity index (χ4v) is 2.85. The third-order valence-electron chi connectivity index (χ3n) is 3.78. The number of carboxylic acid groups (broad SMARTS) is 1. The molecule has 1 saturated heterocycles. The number of aliphatic carboxylic acids is 1. The predicted octanol–water partition coefficient (Wildman–Crippen LogP) is 3.17. The van der Waals surface area contributed by atoms with Crippen LogP contribution in [-0.4, -0.2) is 40.8 Å². The third kappa shape index (κ3) is 4.21. The molecule has 2 atom stereocenters. The van der Waals surface area contributed by atoms with E-state index in [9.17, 15) is 19.1 Å². The highest BCUT2D eigenvalue weighted by Gasteiger charge is 2.42. The van der Waals surface area contributed by atoms with E-state index in [1.807, 2.05) is 0 Å². The predicted molar refractivity (Wildman–Crippen MR) is 82.8 cm³/mol. The van der Waals surface area contributed by atoms with Crippen molar-refractivity contribution < 1.29 is 23.8 Å². The molecule has 6 heteroatoms. The SMILES string of the molecule is Cc1cc(F)cc(C2CN(C(=O)OC(C)(C)C)CC2C(=O)O)c1. The van der Waals surface area contributed by atoms with Gasteiger partial charge in [0.2, 0.25) is 0 Å². The Kier molecular flexibility index (Phi) is 4.63. The van der Waals surface area contributed by atoms with E-state index in [1.165, 1.54) is 17.0 Å². The van der Waals surface area contributed by atoms with E-state index in [2.05, 4.69) is 0 Å². The van der Waals surface area contributed by atoms with E-state index in [4.69, 9.17) is 4.74 Å². The summed E-state index contributed by atoms with van der Waals surface area (Å²) in [6.45, 7) is 7.28. The smallest absolute Gasteiger partial charge is 0.410 e. The second-order valence-corrected chi connectivity index (χ2v) is 7.00. The van der Waals surface area contributed by atoms with Gasteiger partial charge in [0, 0.05) is 19.0 Å². The maximum atomic E-state index is 13.6. The van der Waals surface area contributed by atoms with Crippen molar-refractivity contribution in [2.24, 2.45) is 5.92 Å². The standard InChI is InChI=1S/C17H22FNO4/c1-10-5-11(7-12(18)6-10)13-8-19(9-14(13)15(20)21)16(22)23-17(2,3)4/h5-7,13-14H,8-9H2,1-4H3,(H,20,21). The monoisotopic (exact) mass is 323 g/mol. The van der Waals surface area contributed by atoms with Crippen LogP contribution >= 0.6 is 0 Å². The van der Waals surface area contributed by atoms with E-state index in [1.54, 1.807) is 33.8 Å². The lowest BCUT2D eigenvalue weighted by Crippen LogP contribution is -2.35. The molecule has 5 nitrogen and oxygen atoms in total. The number of carboxylic acids is 1. The Balaban J connectivity index is 2.25. The van der Waals surface area contributed by atoms with E-state index in [0.29, 0.717) is 5.56 Å². The lowest BCUT2D eigenvalue weighted by Gasteiger charge is -2.24. The van der Waals surface area contributed by atoms with Crippen LogP contribution in [0, 0.1) is 18.7 Å². The van der Waals surface area contributed by atoms with Gasteiger partial charge in [-0.2, -0.15) is 0 Å². The van der Waals surface area contributed by atoms with Crippen molar-refractivity contribution in [2.45, 2.75) is 39.2 Å². The Hall–Kier alpha value is -2.11. The number of aryl methyl sites for hydroxylation is 1. The van der Waals surface area contributed by atoms with Crippen LogP contribution in [0.15, 0.2) is 18.2 Å². The van der Waals surface area contributed by atoms with Gasteiger partial charge in [0.05, 0.1) is 5.92 Å². The van der Waals surface area contributed by atoms with E-state index >= 15 is 0 Å². The number of nitrogens with zero attached hydrogens (tertiary/aromatic N) is 1. The molecule has 0 aliphatic carbocycles. The molecular formula is C17H22FNO4. The minimum Gasteiger partial charge on any atom is -0.481 e. The van der Waals surface area contributed by atoms with Crippen LogP contribution in [0.3, 0.4) is 0 Å². The molecule has 0 radical (unpaired) electrons. The summed E-state index contributed by atoms with van der Waals surface area (Å²) in [5.41, 5.74) is 0.671. The zero-order valence-corrected chi connectivity index (χ0v) is 13.8. The number of halogens is 1. The molecule has 1 aliphatic rings. The molecule has 2 unspecified atom stereocenters. The lowest BCUT2D eigenvalue weighted by molar-refractivity contribution is -0.141. The van der Waals surface area contributed by atoms with Crippen molar-refractivity contribution in [1.29, 1.82) is 0 Å². The number of carbonyl (C=O) groups excluding carboxylic acids is 1. The summed E-state index contributed by atoms with van der Waals surface area (Å²) in [6.07, 6.45) is -0.542. The zero-order valence-electron chi connectivity index (χ0n) is 13.8. The Morgan fingerprint density at radius 3 is 2.43 bits per heavy atom. The molecule has 0 bridgehead atoms. The first-order valence-electron chi connectivity index (χ1n) is 7.54. The third-order valence-corrected chi connectivity index (χ3v) is 3.78. The highest BCUT2D eigenvalue weighted by molar-refractivity contribution is 5.76. The second kappa shape index (κ2) is 6.18. The number of amides is 1. The Bertz CT molecular complexity index is 603. The van der Waals surface area contributed by atoms with Crippen molar-refractivity contribution in [1.82, 2.24) is 4.90 Å². The molecule has 1 aromatic carbocycles. The normalized spacial score (nSPS) is 21.3. The van der Waals surface area contributed by atoms with Gasteiger partial charge in [0.25, 0.3) is 0 Å². The molecule has 0 spiro atoms. The van der Waals surface area contributed by atoms with Gasteiger partial charge in [-0.15, -0.1) is 0 Å². The average molecular weight is 323 g/mol. The first-order chi connectivity index (χ1) is 10.6. The number of likely N-dealkylation sites (tertiary alicyclic amines) is 1. The van der Waals surface area contributed by atoms with Crippen LogP contribution in [0.25, 0.3) is 0 Å². The number of rotatable bonds is 2. The lowest BCUT2D eigenvalue weighted by atomic mass is 9.88. The molecule has 23 heavy (non-hydrogen) atoms. The first-order valence-corrected chi connectivity index (χ1v) is 7.54. The molecular weight excluding hydrogens is 301 g/mol. The molecule has 1 heterocycles. The number of ether oxygens (including phenoxy) is 1. The Labute approximate surface area is 135 Å². The average Bonchev–Trinajstić information content (AvgIpc) is 2.80. The summed E-state index contributed by atoms with van der Waals surface area (Å²) in [6, 6.07) is 4.49. The summed E-state index contributed by atoms with van der Waals surface area (Å²) in [4.78, 5) is 25.1. The van der Waals surface area contributed by atoms with Crippen molar-refractivity contribution in [2.75, 3.05) is 13.1 Å². The Morgan fingerprint density at radius 1 is 1.26 bits per heavy atom. The maximum Gasteiger partial charge on any atom is 0.410 e. The molecule has 126 valence electrons. The van der Waals surface area contributed by atoms with E-state index < -0.39 is 35.3 Å². The second-order valence-electron chi connectivity index (χ2n) is 7.00. The summed E-state index contributed by atoms with van der Waals surface area (Å²) < 4.78 is 18.9. The molecule has 2 rings (SSSR count). The van der Waals surface area contributed by atoms with Crippen molar-refractivity contribution in [3.63, 3.8) is 0 Å². The molecule has 0 saturated carbocycles. The van der Waals surface area contributed by atoms with Crippen LogP contribution in [-0.2, 0) is 9.53 Å². The summed E-state index contributed by atoms with van der Waals surface area (Å²) in [5.74, 6) is -2.62. The molecule has 0 aromatic heterocycles. The summed E-state index contributed by atoms with van der Waals surface area (Å²) >= 11 is 0. The fraction of sp³-hybridized carbons (Fsp3) is 0.529. The van der Waals surface area contributed by atoms with Gasteiger partial charge < -0.3 is 14.7 Å². The quantitative estimate of drug-likeness (QED) is 0.908. The maximum absolute atomic E-state index is 13.6. The highest BCUT2D eigenvalue weighted by Crippen LogP contribution is 2.34. The highest BCUT2D eigenvalue weighted by atomic mass is 19.1. The zero-order chi connectivity index (χ0) is 17.4. The van der Waals surface area contributed by atoms with Gasteiger partial charge in [-0.05, 0) is 51.0 Å². The van der Waals surface area contributed by atoms with Crippen molar-refractivity contribution in [3.8, 4) is 0 Å². The minimum atomic E-state index is -0.997. The number of hydrogen-bond donors (Lipinski definition) is 1. The van der Waals surface area contributed by atoms with E-state index in [-0.39, 0.29) is 13.1 Å². The summed E-state index contributed by atoms with van der Waals surface area (Å²) in [7, 11) is 0. The number of benzene rings is 1. The van der Waals surface area contributed by atoms with Crippen LogP contribution in [0.2, 0.25) is 0 Å². The first kappa shape index (κ1) is 17.2. The Morgan fingerprint density at radius 2 is 1.91 bits per heavy atom. The topological polar surface area (TPSA) is 66.8 Å². The molecule has 1 aromatic rings. The summed E-state index contributed by atoms with van der Waals surface area (Å²) in [5, 5.41) is 9.44. The van der Waals surface area contributed by atoms with Crippen molar-refractivity contribution >= 4 is 12.1 Å². The van der Waals surface area contributed by atoms with Crippen LogP contribution in [0.5, 0.6) is 0 Å². The van der Waals surface area contributed by atoms with Gasteiger partial charge >= 0.3 is 12.1 Å². The molecule has 1 aliphatic heterocycles. The molecule has 1 fully saturated rings. The minimum absolute atomic E-state index is 0.0600. The van der Waals surface area contributed by atoms with Crippen LogP contribution < -0.4 is 0 Å². The van der Waals surface area contributed by atoms with Gasteiger partial charge in [0.1, 0.15) is 11.4 Å². The largest absolute Gasteiger partial charge is 0.481 e. The van der Waals surface area contributed by atoms with Crippen LogP contribution in [0.1, 0.15) is 37.8 Å². The van der Waals surface area contributed by atoms with Gasteiger partial charge in [-0.1, -0.05) is 6.07 Å².